The molecule has 0 N–H and O–H groups in total. The molecule has 0 aliphatic carbocycles. The third-order valence-electron chi connectivity index (χ3n) is 11.1. The van der Waals surface area contributed by atoms with Gasteiger partial charge in [-0.2, -0.15) is 0 Å². The lowest BCUT2D eigenvalue weighted by Crippen LogP contribution is -2.37. The molecule has 0 aromatic heterocycles. The number of hydrogen-bond acceptors (Lipinski definition) is 2. The van der Waals surface area contributed by atoms with Gasteiger partial charge >= 0.3 is 0 Å². The van der Waals surface area contributed by atoms with E-state index in [1.807, 2.05) is 0 Å². The lowest BCUT2D eigenvalue weighted by Gasteiger charge is -2.34. The zero-order valence-corrected chi connectivity index (χ0v) is 28.7. The van der Waals surface area contributed by atoms with E-state index < -0.39 is 0 Å². The first-order valence-electron chi connectivity index (χ1n) is 18.0. The van der Waals surface area contributed by atoms with Crippen molar-refractivity contribution < 1.29 is 4.79 Å². The van der Waals surface area contributed by atoms with Crippen LogP contribution in [0.4, 0.5) is 0 Å². The minimum atomic E-state index is 0.320. The van der Waals surface area contributed by atoms with Crippen molar-refractivity contribution in [2.45, 2.75) is 149 Å². The number of carbonyl (C=O) groups excluding carboxylic acids is 1. The van der Waals surface area contributed by atoms with Crippen LogP contribution in [0.2, 0.25) is 0 Å². The summed E-state index contributed by atoms with van der Waals surface area (Å²) < 4.78 is 0. The summed E-state index contributed by atoms with van der Waals surface area (Å²) in [6.07, 6.45) is 11.3. The highest BCUT2D eigenvalue weighted by Gasteiger charge is 2.31. The molecule has 0 radical (unpaired) electrons. The summed E-state index contributed by atoms with van der Waals surface area (Å²) in [5.74, 6) is 3.01. The number of benzene rings is 2. The summed E-state index contributed by atoms with van der Waals surface area (Å²) >= 11 is 0. The van der Waals surface area contributed by atoms with Crippen molar-refractivity contribution in [3.05, 3.63) is 70.3 Å². The predicted octanol–water partition coefficient (Wildman–Crippen LogP) is 10.4. The van der Waals surface area contributed by atoms with Crippen molar-refractivity contribution in [2.75, 3.05) is 19.6 Å². The van der Waals surface area contributed by atoms with Gasteiger partial charge in [0.25, 0.3) is 0 Å². The van der Waals surface area contributed by atoms with E-state index in [4.69, 9.17) is 0 Å². The Bertz CT molecular complexity index is 1130. The molecule has 238 valence electrons. The zero-order valence-electron chi connectivity index (χ0n) is 28.7. The Hall–Kier alpha value is -2.13. The fourth-order valence-electron chi connectivity index (χ4n) is 7.75. The van der Waals surface area contributed by atoms with Crippen LogP contribution in [-0.2, 0) is 11.3 Å². The Kier molecular flexibility index (Phi) is 12.8. The number of rotatable bonds is 15. The molecule has 3 heteroatoms. The van der Waals surface area contributed by atoms with Crippen molar-refractivity contribution in [2.24, 2.45) is 5.92 Å². The second kappa shape index (κ2) is 16.3. The van der Waals surface area contributed by atoms with Gasteiger partial charge in [-0.15, -0.1) is 0 Å². The molecule has 2 aliphatic rings. The molecule has 0 spiro atoms. The quantitative estimate of drug-likeness (QED) is 0.207. The third-order valence-corrected chi connectivity index (χ3v) is 11.1. The molecule has 0 bridgehead atoms. The molecule has 2 fully saturated rings. The largest absolute Gasteiger partial charge is 0.340 e. The highest BCUT2D eigenvalue weighted by atomic mass is 16.2. The average Bonchev–Trinajstić information content (AvgIpc) is 3.46. The molecular weight excluding hydrogens is 524 g/mol. The van der Waals surface area contributed by atoms with Gasteiger partial charge in [-0.1, -0.05) is 97.4 Å². The number of nitrogens with zero attached hydrogens (tertiary/aromatic N) is 2. The summed E-state index contributed by atoms with van der Waals surface area (Å²) in [6.45, 7) is 20.9. The lowest BCUT2D eigenvalue weighted by atomic mass is 9.75. The molecular formula is C40H62N2O. The SMILES string of the molecule is CCC(C)c1ccc(C(CC(CC(CC)N2CCCC2=O)c2ccc(C(C)CC)c(CN3CCCCC3)c2)C(C)C)cc1. The zero-order chi connectivity index (χ0) is 30.9. The van der Waals surface area contributed by atoms with Crippen LogP contribution in [0.1, 0.15) is 164 Å². The Labute approximate surface area is 264 Å². The minimum Gasteiger partial charge on any atom is -0.340 e. The molecule has 2 saturated heterocycles. The van der Waals surface area contributed by atoms with Gasteiger partial charge in [0.15, 0.2) is 0 Å². The van der Waals surface area contributed by atoms with Crippen LogP contribution >= 0.6 is 0 Å². The monoisotopic (exact) mass is 586 g/mol. The highest BCUT2D eigenvalue weighted by molar-refractivity contribution is 5.78. The van der Waals surface area contributed by atoms with E-state index in [1.165, 1.54) is 61.9 Å². The van der Waals surface area contributed by atoms with E-state index in [2.05, 4.69) is 101 Å². The van der Waals surface area contributed by atoms with Crippen LogP contribution in [0.5, 0.6) is 0 Å². The van der Waals surface area contributed by atoms with E-state index in [0.29, 0.717) is 41.5 Å². The Morgan fingerprint density at radius 2 is 1.35 bits per heavy atom. The highest BCUT2D eigenvalue weighted by Crippen LogP contribution is 2.40. The summed E-state index contributed by atoms with van der Waals surface area (Å²) in [4.78, 5) is 17.8. The molecule has 2 aromatic carbocycles. The van der Waals surface area contributed by atoms with Crippen LogP contribution < -0.4 is 0 Å². The van der Waals surface area contributed by atoms with Gasteiger partial charge in [-0.3, -0.25) is 9.69 Å². The van der Waals surface area contributed by atoms with Crippen molar-refractivity contribution in [1.82, 2.24) is 9.80 Å². The first-order valence-corrected chi connectivity index (χ1v) is 18.0. The number of hydrogen-bond donors (Lipinski definition) is 0. The summed E-state index contributed by atoms with van der Waals surface area (Å²) in [7, 11) is 0. The smallest absolute Gasteiger partial charge is 0.222 e. The fraction of sp³-hybridized carbons (Fsp3) is 0.675. The maximum atomic E-state index is 12.9. The van der Waals surface area contributed by atoms with Crippen molar-refractivity contribution >= 4 is 5.91 Å². The summed E-state index contributed by atoms with van der Waals surface area (Å²) in [5.41, 5.74) is 7.50. The maximum absolute atomic E-state index is 12.9. The van der Waals surface area contributed by atoms with Crippen molar-refractivity contribution in [3.8, 4) is 0 Å². The third kappa shape index (κ3) is 8.74. The van der Waals surface area contributed by atoms with Crippen LogP contribution in [0.3, 0.4) is 0 Å². The van der Waals surface area contributed by atoms with E-state index in [-0.39, 0.29) is 0 Å². The van der Waals surface area contributed by atoms with E-state index >= 15 is 0 Å². The molecule has 5 atom stereocenters. The van der Waals surface area contributed by atoms with Crippen LogP contribution in [0.15, 0.2) is 42.5 Å². The van der Waals surface area contributed by atoms with Gasteiger partial charge in [0.2, 0.25) is 5.91 Å². The van der Waals surface area contributed by atoms with Crippen LogP contribution in [-0.4, -0.2) is 41.4 Å². The molecule has 2 aromatic rings. The first kappa shape index (κ1) is 33.8. The fourth-order valence-corrected chi connectivity index (χ4v) is 7.75. The number of likely N-dealkylation sites (tertiary alicyclic amines) is 2. The van der Waals surface area contributed by atoms with Crippen molar-refractivity contribution in [3.63, 3.8) is 0 Å². The summed E-state index contributed by atoms with van der Waals surface area (Å²) in [5, 5.41) is 0. The topological polar surface area (TPSA) is 23.6 Å². The second-order valence-electron chi connectivity index (χ2n) is 14.4. The first-order chi connectivity index (χ1) is 20.7. The Morgan fingerprint density at radius 3 is 1.93 bits per heavy atom. The minimum absolute atomic E-state index is 0.320. The van der Waals surface area contributed by atoms with Gasteiger partial charge in [0, 0.05) is 25.6 Å². The molecule has 2 heterocycles. The van der Waals surface area contributed by atoms with Gasteiger partial charge in [-0.05, 0) is 122 Å². The molecule has 2 aliphatic heterocycles. The molecule has 4 rings (SSSR count). The number of amides is 1. The number of piperidine rings is 1. The molecule has 43 heavy (non-hydrogen) atoms. The normalized spacial score (nSPS) is 19.9. The predicted molar refractivity (Wildman–Crippen MR) is 184 cm³/mol. The van der Waals surface area contributed by atoms with Crippen LogP contribution in [0, 0.1) is 5.92 Å². The molecule has 5 unspecified atom stereocenters. The van der Waals surface area contributed by atoms with E-state index in [9.17, 15) is 4.79 Å². The van der Waals surface area contributed by atoms with E-state index in [0.717, 1.165) is 45.2 Å². The van der Waals surface area contributed by atoms with Crippen LogP contribution in [0.25, 0.3) is 0 Å². The van der Waals surface area contributed by atoms with E-state index in [1.54, 1.807) is 11.1 Å². The van der Waals surface area contributed by atoms with Gasteiger partial charge < -0.3 is 4.90 Å². The van der Waals surface area contributed by atoms with Gasteiger partial charge in [-0.25, -0.2) is 0 Å². The standard InChI is InChI=1S/C40H62N2O/c1-8-30(6)32-16-18-33(19-17-32)39(29(4)5)27-35(26-37(10-3)42-24-14-15-40(42)43)34-20-21-38(31(7)9-2)36(25-34)28-41-22-12-11-13-23-41/h16-21,25,29-31,35,37,39H,8-15,22-24,26-28H2,1-7H3. The Balaban J connectivity index is 1.70. The summed E-state index contributed by atoms with van der Waals surface area (Å²) in [6, 6.07) is 17.4. The Morgan fingerprint density at radius 1 is 0.698 bits per heavy atom. The maximum Gasteiger partial charge on any atom is 0.222 e. The van der Waals surface area contributed by atoms with Crippen molar-refractivity contribution in [1.29, 1.82) is 0 Å². The second-order valence-corrected chi connectivity index (χ2v) is 14.4. The van der Waals surface area contributed by atoms with Gasteiger partial charge in [0.1, 0.15) is 0 Å². The average molecular weight is 587 g/mol. The molecule has 1 amide bonds. The number of carbonyl (C=O) groups is 1. The molecule has 3 nitrogen and oxygen atoms in total. The molecule has 0 saturated carbocycles. The van der Waals surface area contributed by atoms with Gasteiger partial charge in [0.05, 0.1) is 0 Å². The lowest BCUT2D eigenvalue weighted by molar-refractivity contribution is -0.129.